The summed E-state index contributed by atoms with van der Waals surface area (Å²) < 4.78 is 0. The average Bonchev–Trinajstić information content (AvgIpc) is 2.72. The van der Waals surface area contributed by atoms with Crippen LogP contribution in [-0.4, -0.2) is 23.3 Å². The molecule has 5 atom stereocenters. The van der Waals surface area contributed by atoms with Crippen molar-refractivity contribution in [3.05, 3.63) is 35.4 Å². The zero-order valence-corrected chi connectivity index (χ0v) is 11.1. The van der Waals surface area contributed by atoms with E-state index in [0.717, 1.165) is 12.8 Å². The Morgan fingerprint density at radius 1 is 1.11 bits per heavy atom. The molecule has 0 aromatic heterocycles. The summed E-state index contributed by atoms with van der Waals surface area (Å²) in [5.74, 6) is 0.827. The maximum atomic E-state index is 10.4. The van der Waals surface area contributed by atoms with Gasteiger partial charge in [-0.2, -0.15) is 0 Å². The summed E-state index contributed by atoms with van der Waals surface area (Å²) in [4.78, 5) is 0. The molecule has 2 fully saturated rings. The molecule has 98 valence electrons. The summed E-state index contributed by atoms with van der Waals surface area (Å²) in [5.41, 5.74) is 9.26. The first-order valence-corrected chi connectivity index (χ1v) is 6.91. The standard InChI is InChI=1S/C15H22N2O/c1-9-3-5-11(6-4-9)12-7-13-15(14(18)8-12)10(2)16-17-13/h3-6,10,12-18H,7-8H2,1-2H3. The van der Waals surface area contributed by atoms with Crippen LogP contribution in [0.25, 0.3) is 0 Å². The number of fused-ring (bicyclic) bond motifs is 1. The van der Waals surface area contributed by atoms with Gasteiger partial charge in [-0.25, -0.2) is 0 Å². The molecule has 0 radical (unpaired) electrons. The predicted molar refractivity (Wildman–Crippen MR) is 72.2 cm³/mol. The fraction of sp³-hybridized carbons (Fsp3) is 0.600. The Kier molecular flexibility index (Phi) is 3.14. The van der Waals surface area contributed by atoms with E-state index in [1.165, 1.54) is 11.1 Å². The Balaban J connectivity index is 1.78. The lowest BCUT2D eigenvalue weighted by Gasteiger charge is -2.36. The van der Waals surface area contributed by atoms with Crippen LogP contribution < -0.4 is 10.9 Å². The van der Waals surface area contributed by atoms with Crippen molar-refractivity contribution in [3.63, 3.8) is 0 Å². The van der Waals surface area contributed by atoms with Crippen LogP contribution in [0.4, 0.5) is 0 Å². The molecule has 0 spiro atoms. The van der Waals surface area contributed by atoms with Crippen molar-refractivity contribution >= 4 is 0 Å². The summed E-state index contributed by atoms with van der Waals surface area (Å²) in [5, 5.41) is 10.4. The molecule has 3 nitrogen and oxygen atoms in total. The van der Waals surface area contributed by atoms with Gasteiger partial charge in [0.15, 0.2) is 0 Å². The lowest BCUT2D eigenvalue weighted by atomic mass is 9.72. The monoisotopic (exact) mass is 246 g/mol. The lowest BCUT2D eigenvalue weighted by Crippen LogP contribution is -2.43. The molecule has 1 saturated carbocycles. The highest BCUT2D eigenvalue weighted by Gasteiger charge is 2.43. The van der Waals surface area contributed by atoms with Crippen molar-refractivity contribution in [1.29, 1.82) is 0 Å². The molecule has 1 heterocycles. The number of hydrogen-bond acceptors (Lipinski definition) is 3. The number of benzene rings is 1. The van der Waals surface area contributed by atoms with Gasteiger partial charge in [-0.1, -0.05) is 29.8 Å². The molecule has 1 aliphatic carbocycles. The highest BCUT2D eigenvalue weighted by atomic mass is 16.3. The maximum absolute atomic E-state index is 10.4. The van der Waals surface area contributed by atoms with E-state index in [2.05, 4.69) is 49.0 Å². The molecule has 1 aromatic carbocycles. The van der Waals surface area contributed by atoms with Gasteiger partial charge in [-0.05, 0) is 38.2 Å². The minimum atomic E-state index is -0.201. The Bertz CT molecular complexity index is 417. The van der Waals surface area contributed by atoms with Crippen LogP contribution in [0.15, 0.2) is 24.3 Å². The van der Waals surface area contributed by atoms with E-state index in [4.69, 9.17) is 0 Å². The first kappa shape index (κ1) is 12.2. The molecule has 18 heavy (non-hydrogen) atoms. The molecule has 1 saturated heterocycles. The molecular formula is C15H22N2O. The minimum absolute atomic E-state index is 0.201. The topological polar surface area (TPSA) is 44.3 Å². The molecule has 3 heteroatoms. The van der Waals surface area contributed by atoms with Crippen molar-refractivity contribution in [2.75, 3.05) is 0 Å². The third kappa shape index (κ3) is 2.07. The van der Waals surface area contributed by atoms with Crippen molar-refractivity contribution in [2.24, 2.45) is 5.92 Å². The number of aryl methyl sites for hydroxylation is 1. The highest BCUT2D eigenvalue weighted by molar-refractivity contribution is 5.26. The lowest BCUT2D eigenvalue weighted by molar-refractivity contribution is 0.0498. The second-order valence-corrected chi connectivity index (χ2v) is 5.91. The molecule has 3 rings (SSSR count). The molecule has 2 aliphatic rings. The van der Waals surface area contributed by atoms with Gasteiger partial charge in [0.05, 0.1) is 6.10 Å². The highest BCUT2D eigenvalue weighted by Crippen LogP contribution is 2.39. The summed E-state index contributed by atoms with van der Waals surface area (Å²) >= 11 is 0. The summed E-state index contributed by atoms with van der Waals surface area (Å²) in [7, 11) is 0. The van der Waals surface area contributed by atoms with Crippen LogP contribution in [0.3, 0.4) is 0 Å². The van der Waals surface area contributed by atoms with E-state index in [-0.39, 0.29) is 6.10 Å². The van der Waals surface area contributed by atoms with Crippen LogP contribution in [0.1, 0.15) is 36.8 Å². The van der Waals surface area contributed by atoms with Gasteiger partial charge in [0.25, 0.3) is 0 Å². The minimum Gasteiger partial charge on any atom is -0.393 e. The van der Waals surface area contributed by atoms with E-state index >= 15 is 0 Å². The van der Waals surface area contributed by atoms with Gasteiger partial charge >= 0.3 is 0 Å². The Morgan fingerprint density at radius 3 is 2.56 bits per heavy atom. The van der Waals surface area contributed by atoms with Crippen molar-refractivity contribution in [3.8, 4) is 0 Å². The summed E-state index contributed by atoms with van der Waals surface area (Å²) in [6, 6.07) is 9.50. The fourth-order valence-electron chi connectivity index (χ4n) is 3.56. The van der Waals surface area contributed by atoms with Gasteiger partial charge < -0.3 is 5.11 Å². The third-order valence-corrected chi connectivity index (χ3v) is 4.60. The normalized spacial score (nSPS) is 39.6. The molecule has 0 amide bonds. The van der Waals surface area contributed by atoms with Crippen LogP contribution in [-0.2, 0) is 0 Å². The smallest absolute Gasteiger partial charge is 0.0605 e. The van der Waals surface area contributed by atoms with Gasteiger partial charge in [0.2, 0.25) is 0 Å². The summed E-state index contributed by atoms with van der Waals surface area (Å²) in [6.07, 6.45) is 1.80. The summed E-state index contributed by atoms with van der Waals surface area (Å²) in [6.45, 7) is 4.26. The Morgan fingerprint density at radius 2 is 1.83 bits per heavy atom. The van der Waals surface area contributed by atoms with Crippen LogP contribution >= 0.6 is 0 Å². The number of hydrazine groups is 1. The van der Waals surface area contributed by atoms with Gasteiger partial charge in [0.1, 0.15) is 0 Å². The van der Waals surface area contributed by atoms with Gasteiger partial charge in [0, 0.05) is 18.0 Å². The van der Waals surface area contributed by atoms with Crippen LogP contribution in [0.2, 0.25) is 0 Å². The maximum Gasteiger partial charge on any atom is 0.0605 e. The Hall–Kier alpha value is -0.900. The quantitative estimate of drug-likeness (QED) is 0.707. The third-order valence-electron chi connectivity index (χ3n) is 4.60. The van der Waals surface area contributed by atoms with Crippen molar-refractivity contribution in [1.82, 2.24) is 10.9 Å². The molecule has 1 aromatic rings. The second kappa shape index (κ2) is 4.65. The molecule has 1 aliphatic heterocycles. The van der Waals surface area contributed by atoms with E-state index in [9.17, 15) is 5.11 Å². The first-order valence-electron chi connectivity index (χ1n) is 6.91. The first-order chi connectivity index (χ1) is 8.65. The fourth-order valence-corrected chi connectivity index (χ4v) is 3.56. The van der Waals surface area contributed by atoms with Crippen LogP contribution in [0.5, 0.6) is 0 Å². The number of hydrogen-bond donors (Lipinski definition) is 3. The van der Waals surface area contributed by atoms with E-state index in [0.29, 0.717) is 23.9 Å². The number of rotatable bonds is 1. The number of nitrogens with one attached hydrogen (secondary N) is 2. The molecule has 5 unspecified atom stereocenters. The zero-order chi connectivity index (χ0) is 12.7. The molecule has 0 bridgehead atoms. The van der Waals surface area contributed by atoms with E-state index in [1.54, 1.807) is 0 Å². The van der Waals surface area contributed by atoms with Crippen molar-refractivity contribution < 1.29 is 5.11 Å². The molecular weight excluding hydrogens is 224 g/mol. The van der Waals surface area contributed by atoms with E-state index in [1.807, 2.05) is 0 Å². The predicted octanol–water partition coefficient (Wildman–Crippen LogP) is 1.71. The van der Waals surface area contributed by atoms with E-state index < -0.39 is 0 Å². The van der Waals surface area contributed by atoms with Crippen molar-refractivity contribution in [2.45, 2.75) is 50.8 Å². The number of aliphatic hydroxyl groups excluding tert-OH is 1. The average molecular weight is 246 g/mol. The molecule has 3 N–H and O–H groups in total. The second-order valence-electron chi connectivity index (χ2n) is 5.91. The zero-order valence-electron chi connectivity index (χ0n) is 11.1. The Labute approximate surface area is 109 Å². The van der Waals surface area contributed by atoms with Crippen LogP contribution in [0, 0.1) is 12.8 Å². The van der Waals surface area contributed by atoms with Gasteiger partial charge in [-0.15, -0.1) is 0 Å². The largest absolute Gasteiger partial charge is 0.393 e. The van der Waals surface area contributed by atoms with Gasteiger partial charge in [-0.3, -0.25) is 10.9 Å². The SMILES string of the molecule is Cc1ccc(C2CC(O)C3C(C)NNC3C2)cc1. The number of aliphatic hydroxyl groups is 1.